The number of carbonyl (C=O) groups is 2. The van der Waals surface area contributed by atoms with Crippen LogP contribution in [0.3, 0.4) is 0 Å². The summed E-state index contributed by atoms with van der Waals surface area (Å²) in [4.78, 5) is 25.8. The predicted octanol–water partition coefficient (Wildman–Crippen LogP) is 3.31. The molecular formula is C19H20FN3O2. The number of nitrogens with one attached hydrogen (secondary N) is 2. The van der Waals surface area contributed by atoms with Crippen molar-refractivity contribution in [3.05, 3.63) is 53.8 Å². The number of aryl methyl sites for hydroxylation is 1. The Balaban J connectivity index is 1.65. The predicted molar refractivity (Wildman–Crippen MR) is 96.3 cm³/mol. The molecule has 1 fully saturated rings. The average molecular weight is 341 g/mol. The first-order valence-corrected chi connectivity index (χ1v) is 8.24. The summed E-state index contributed by atoms with van der Waals surface area (Å²) in [5.41, 5.74) is 2.41. The van der Waals surface area contributed by atoms with E-state index in [0.29, 0.717) is 18.7 Å². The van der Waals surface area contributed by atoms with Gasteiger partial charge in [0.05, 0.1) is 23.6 Å². The van der Waals surface area contributed by atoms with Gasteiger partial charge in [-0.1, -0.05) is 18.2 Å². The number of amides is 2. The first-order chi connectivity index (χ1) is 12.0. The average Bonchev–Trinajstić information content (AvgIpc) is 3.02. The van der Waals surface area contributed by atoms with Gasteiger partial charge in [0.2, 0.25) is 11.8 Å². The topological polar surface area (TPSA) is 61.4 Å². The Bertz CT molecular complexity index is 807. The van der Waals surface area contributed by atoms with E-state index in [1.54, 1.807) is 24.0 Å². The molecule has 0 saturated carbocycles. The summed E-state index contributed by atoms with van der Waals surface area (Å²) < 4.78 is 13.8. The minimum atomic E-state index is -0.462. The Labute approximate surface area is 145 Å². The fraction of sp³-hybridized carbons (Fsp3) is 0.263. The summed E-state index contributed by atoms with van der Waals surface area (Å²) >= 11 is 0. The first-order valence-electron chi connectivity index (χ1n) is 8.24. The van der Waals surface area contributed by atoms with Crippen LogP contribution >= 0.6 is 0 Å². The zero-order chi connectivity index (χ0) is 17.8. The Morgan fingerprint density at radius 1 is 1.20 bits per heavy atom. The smallest absolute Gasteiger partial charge is 0.243 e. The normalized spacial score (nSPS) is 13.8. The van der Waals surface area contributed by atoms with Gasteiger partial charge in [-0.3, -0.25) is 9.59 Å². The van der Waals surface area contributed by atoms with Gasteiger partial charge >= 0.3 is 0 Å². The van der Waals surface area contributed by atoms with Crippen LogP contribution in [-0.4, -0.2) is 24.9 Å². The van der Waals surface area contributed by atoms with Gasteiger partial charge in [-0.2, -0.15) is 0 Å². The van der Waals surface area contributed by atoms with E-state index in [-0.39, 0.29) is 24.0 Å². The standard InChI is InChI=1S/C19H20FN3O2/c1-13-8-9-15(14(20)11-13)22-18(24)12-21-16-5-2-3-6-17(16)23-10-4-7-19(23)25/h2-3,5-6,8-9,11,21H,4,7,10,12H2,1H3,(H,22,24). The molecule has 2 amide bonds. The fourth-order valence-electron chi connectivity index (χ4n) is 2.85. The monoisotopic (exact) mass is 341 g/mol. The number of hydrogen-bond donors (Lipinski definition) is 2. The molecule has 2 aromatic rings. The van der Waals surface area contributed by atoms with Gasteiger partial charge in [-0.05, 0) is 43.2 Å². The molecule has 0 unspecified atom stereocenters. The molecule has 0 radical (unpaired) electrons. The molecule has 0 bridgehead atoms. The lowest BCUT2D eigenvalue weighted by molar-refractivity contribution is -0.117. The minimum absolute atomic E-state index is 0.0215. The number of carbonyl (C=O) groups excluding carboxylic acids is 2. The number of para-hydroxylation sites is 2. The van der Waals surface area contributed by atoms with Crippen LogP contribution in [0.25, 0.3) is 0 Å². The Morgan fingerprint density at radius 2 is 2.00 bits per heavy atom. The van der Waals surface area contributed by atoms with Crippen molar-refractivity contribution < 1.29 is 14.0 Å². The van der Waals surface area contributed by atoms with Crippen LogP contribution in [0.1, 0.15) is 18.4 Å². The van der Waals surface area contributed by atoms with Crippen LogP contribution in [0.5, 0.6) is 0 Å². The molecule has 0 aliphatic carbocycles. The maximum absolute atomic E-state index is 13.8. The van der Waals surface area contributed by atoms with Crippen LogP contribution in [0.4, 0.5) is 21.5 Å². The second kappa shape index (κ2) is 7.34. The molecule has 0 aromatic heterocycles. The van der Waals surface area contributed by atoms with Crippen LogP contribution in [0.2, 0.25) is 0 Å². The molecule has 1 heterocycles. The third kappa shape index (κ3) is 3.96. The maximum Gasteiger partial charge on any atom is 0.243 e. The molecule has 2 aromatic carbocycles. The number of halogens is 1. The molecule has 130 valence electrons. The van der Waals surface area contributed by atoms with Crippen LogP contribution in [0, 0.1) is 12.7 Å². The summed E-state index contributed by atoms with van der Waals surface area (Å²) in [6.45, 7) is 2.44. The van der Waals surface area contributed by atoms with Crippen molar-refractivity contribution >= 4 is 28.9 Å². The molecule has 6 heteroatoms. The van der Waals surface area contributed by atoms with Crippen molar-refractivity contribution in [2.45, 2.75) is 19.8 Å². The van der Waals surface area contributed by atoms with E-state index in [2.05, 4.69) is 10.6 Å². The zero-order valence-corrected chi connectivity index (χ0v) is 14.0. The molecule has 25 heavy (non-hydrogen) atoms. The zero-order valence-electron chi connectivity index (χ0n) is 14.0. The van der Waals surface area contributed by atoms with Crippen molar-refractivity contribution in [1.29, 1.82) is 0 Å². The fourth-order valence-corrected chi connectivity index (χ4v) is 2.85. The third-order valence-electron chi connectivity index (χ3n) is 4.11. The van der Waals surface area contributed by atoms with Gasteiger partial charge in [-0.25, -0.2) is 4.39 Å². The number of rotatable bonds is 5. The van der Waals surface area contributed by atoms with E-state index >= 15 is 0 Å². The van der Waals surface area contributed by atoms with E-state index < -0.39 is 5.82 Å². The second-order valence-electron chi connectivity index (χ2n) is 6.05. The van der Waals surface area contributed by atoms with E-state index in [4.69, 9.17) is 0 Å². The Kier molecular flexibility index (Phi) is 4.97. The van der Waals surface area contributed by atoms with Crippen molar-refractivity contribution in [2.75, 3.05) is 28.6 Å². The highest BCUT2D eigenvalue weighted by Crippen LogP contribution is 2.29. The van der Waals surface area contributed by atoms with Crippen molar-refractivity contribution in [2.24, 2.45) is 0 Å². The van der Waals surface area contributed by atoms with Gasteiger partial charge in [0.1, 0.15) is 5.82 Å². The number of nitrogens with zero attached hydrogens (tertiary/aromatic N) is 1. The minimum Gasteiger partial charge on any atom is -0.374 e. The quantitative estimate of drug-likeness (QED) is 0.877. The number of anilines is 3. The highest BCUT2D eigenvalue weighted by molar-refractivity contribution is 5.99. The first kappa shape index (κ1) is 17.0. The molecule has 3 rings (SSSR count). The van der Waals surface area contributed by atoms with Crippen LogP contribution in [-0.2, 0) is 9.59 Å². The number of benzene rings is 2. The van der Waals surface area contributed by atoms with Gasteiger partial charge in [-0.15, -0.1) is 0 Å². The van der Waals surface area contributed by atoms with Gasteiger partial charge < -0.3 is 15.5 Å². The molecular weight excluding hydrogens is 321 g/mol. The molecule has 5 nitrogen and oxygen atoms in total. The Morgan fingerprint density at radius 3 is 2.72 bits per heavy atom. The lowest BCUT2D eigenvalue weighted by Gasteiger charge is -2.20. The second-order valence-corrected chi connectivity index (χ2v) is 6.05. The molecule has 1 saturated heterocycles. The largest absolute Gasteiger partial charge is 0.374 e. The summed E-state index contributed by atoms with van der Waals surface area (Å²) in [7, 11) is 0. The van der Waals surface area contributed by atoms with Crippen molar-refractivity contribution in [3.8, 4) is 0 Å². The van der Waals surface area contributed by atoms with E-state index in [0.717, 1.165) is 17.7 Å². The Hall–Kier alpha value is -2.89. The summed E-state index contributed by atoms with van der Waals surface area (Å²) in [6, 6.07) is 12.0. The number of hydrogen-bond acceptors (Lipinski definition) is 3. The van der Waals surface area contributed by atoms with Gasteiger partial charge in [0, 0.05) is 13.0 Å². The summed E-state index contributed by atoms with van der Waals surface area (Å²) in [5.74, 6) is -0.734. The van der Waals surface area contributed by atoms with Crippen LogP contribution in [0.15, 0.2) is 42.5 Å². The van der Waals surface area contributed by atoms with E-state index in [9.17, 15) is 14.0 Å². The van der Waals surface area contributed by atoms with Crippen molar-refractivity contribution in [3.63, 3.8) is 0 Å². The third-order valence-corrected chi connectivity index (χ3v) is 4.11. The highest BCUT2D eigenvalue weighted by atomic mass is 19.1. The van der Waals surface area contributed by atoms with Crippen molar-refractivity contribution in [1.82, 2.24) is 0 Å². The lowest BCUT2D eigenvalue weighted by atomic mass is 10.2. The lowest BCUT2D eigenvalue weighted by Crippen LogP contribution is -2.26. The highest BCUT2D eigenvalue weighted by Gasteiger charge is 2.23. The molecule has 1 aliphatic heterocycles. The summed E-state index contributed by atoms with van der Waals surface area (Å²) in [5, 5.41) is 5.58. The SMILES string of the molecule is Cc1ccc(NC(=O)CNc2ccccc2N2CCCC2=O)c(F)c1. The molecule has 1 aliphatic rings. The molecule has 2 N–H and O–H groups in total. The summed E-state index contributed by atoms with van der Waals surface area (Å²) in [6.07, 6.45) is 1.38. The maximum atomic E-state index is 13.8. The van der Waals surface area contributed by atoms with E-state index in [1.807, 2.05) is 24.3 Å². The van der Waals surface area contributed by atoms with Gasteiger partial charge in [0.15, 0.2) is 0 Å². The molecule has 0 spiro atoms. The van der Waals surface area contributed by atoms with Gasteiger partial charge in [0.25, 0.3) is 0 Å². The van der Waals surface area contributed by atoms with E-state index in [1.165, 1.54) is 6.07 Å². The molecule has 0 atom stereocenters. The van der Waals surface area contributed by atoms with Crippen LogP contribution < -0.4 is 15.5 Å².